The van der Waals surface area contributed by atoms with E-state index in [9.17, 15) is 0 Å². The lowest BCUT2D eigenvalue weighted by atomic mass is 10.1. The van der Waals surface area contributed by atoms with E-state index in [-0.39, 0.29) is 0 Å². The van der Waals surface area contributed by atoms with Crippen molar-refractivity contribution >= 4 is 23.1 Å². The van der Waals surface area contributed by atoms with Crippen molar-refractivity contribution in [2.24, 2.45) is 0 Å². The first kappa shape index (κ1) is 15.0. The minimum atomic E-state index is 0.698. The molecular weight excluding hydrogens is 292 g/mol. The lowest BCUT2D eigenvalue weighted by Crippen LogP contribution is -1.90. The van der Waals surface area contributed by atoms with E-state index < -0.39 is 0 Å². The van der Waals surface area contributed by atoms with Gasteiger partial charge in [0.25, 0.3) is 0 Å². The van der Waals surface area contributed by atoms with Crippen LogP contribution in [0.1, 0.15) is 11.3 Å². The number of furan rings is 1. The second-order valence-electron chi connectivity index (χ2n) is 5.00. The van der Waals surface area contributed by atoms with Crippen molar-refractivity contribution in [3.05, 3.63) is 53.8 Å². The molecule has 4 heteroatoms. The number of rotatable bonds is 5. The minimum absolute atomic E-state index is 0.698. The molecule has 0 fully saturated rings. The standard InChI is InChI=1S/C19H18O4/c1-20-15-7-9-17-14(11-15)12-16(23-17)6-4-13-5-8-18(21-2)19(10-13)22-3/h4-12H,1-3H3/b6-4+. The zero-order chi connectivity index (χ0) is 16.2. The summed E-state index contributed by atoms with van der Waals surface area (Å²) in [7, 11) is 4.90. The summed E-state index contributed by atoms with van der Waals surface area (Å²) in [4.78, 5) is 0. The van der Waals surface area contributed by atoms with Crippen LogP contribution in [0.2, 0.25) is 0 Å². The Morgan fingerprint density at radius 1 is 0.783 bits per heavy atom. The van der Waals surface area contributed by atoms with E-state index in [1.807, 2.05) is 54.6 Å². The molecule has 1 aromatic heterocycles. The Bertz CT molecular complexity index is 846. The van der Waals surface area contributed by atoms with E-state index in [0.29, 0.717) is 11.5 Å². The molecule has 0 aliphatic carbocycles. The average Bonchev–Trinajstić information content (AvgIpc) is 3.01. The molecular formula is C19H18O4. The van der Waals surface area contributed by atoms with Crippen LogP contribution in [-0.4, -0.2) is 21.3 Å². The fraction of sp³-hybridized carbons (Fsp3) is 0.158. The number of hydrogen-bond acceptors (Lipinski definition) is 4. The fourth-order valence-electron chi connectivity index (χ4n) is 2.39. The summed E-state index contributed by atoms with van der Waals surface area (Å²) in [6, 6.07) is 13.5. The predicted octanol–water partition coefficient (Wildman–Crippen LogP) is 4.63. The first-order valence-corrected chi connectivity index (χ1v) is 7.21. The first-order valence-electron chi connectivity index (χ1n) is 7.21. The number of hydrogen-bond donors (Lipinski definition) is 0. The van der Waals surface area contributed by atoms with Gasteiger partial charge in [-0.15, -0.1) is 0 Å². The number of methoxy groups -OCH3 is 3. The molecule has 0 aliphatic rings. The maximum absolute atomic E-state index is 5.79. The third-order valence-electron chi connectivity index (χ3n) is 3.59. The highest BCUT2D eigenvalue weighted by Crippen LogP contribution is 2.29. The molecule has 0 bridgehead atoms. The zero-order valence-electron chi connectivity index (χ0n) is 13.3. The molecule has 0 unspecified atom stereocenters. The summed E-state index contributed by atoms with van der Waals surface area (Å²) < 4.78 is 21.6. The van der Waals surface area contributed by atoms with Gasteiger partial charge in [-0.2, -0.15) is 0 Å². The van der Waals surface area contributed by atoms with Gasteiger partial charge >= 0.3 is 0 Å². The first-order chi connectivity index (χ1) is 11.2. The van der Waals surface area contributed by atoms with Crippen LogP contribution in [0.25, 0.3) is 23.1 Å². The van der Waals surface area contributed by atoms with E-state index in [4.69, 9.17) is 18.6 Å². The van der Waals surface area contributed by atoms with Gasteiger partial charge in [0.2, 0.25) is 0 Å². The maximum atomic E-state index is 5.79. The Labute approximate surface area is 134 Å². The largest absolute Gasteiger partial charge is 0.497 e. The van der Waals surface area contributed by atoms with Crippen molar-refractivity contribution in [1.29, 1.82) is 0 Å². The molecule has 0 amide bonds. The SMILES string of the molecule is COc1ccc2oc(/C=C/c3ccc(OC)c(OC)c3)cc2c1. The van der Waals surface area contributed by atoms with E-state index >= 15 is 0 Å². The summed E-state index contributed by atoms with van der Waals surface area (Å²) in [5.74, 6) is 3.00. The van der Waals surface area contributed by atoms with E-state index in [0.717, 1.165) is 28.0 Å². The second kappa shape index (κ2) is 6.48. The van der Waals surface area contributed by atoms with Crippen LogP contribution in [0.15, 0.2) is 46.9 Å². The Balaban J connectivity index is 1.87. The normalized spacial score (nSPS) is 11.1. The molecule has 1 heterocycles. The lowest BCUT2D eigenvalue weighted by molar-refractivity contribution is 0.355. The van der Waals surface area contributed by atoms with Gasteiger partial charge in [0, 0.05) is 5.39 Å². The van der Waals surface area contributed by atoms with Gasteiger partial charge in [-0.25, -0.2) is 0 Å². The van der Waals surface area contributed by atoms with Crippen LogP contribution >= 0.6 is 0 Å². The van der Waals surface area contributed by atoms with Crippen LogP contribution < -0.4 is 14.2 Å². The molecule has 2 aromatic carbocycles. The van der Waals surface area contributed by atoms with E-state index in [1.165, 1.54) is 0 Å². The van der Waals surface area contributed by atoms with Gasteiger partial charge in [0.1, 0.15) is 17.1 Å². The molecule has 3 aromatic rings. The molecule has 4 nitrogen and oxygen atoms in total. The van der Waals surface area contributed by atoms with Gasteiger partial charge in [0.15, 0.2) is 11.5 Å². The van der Waals surface area contributed by atoms with Gasteiger partial charge in [-0.05, 0) is 48.0 Å². The Morgan fingerprint density at radius 3 is 2.35 bits per heavy atom. The summed E-state index contributed by atoms with van der Waals surface area (Å²) in [5, 5.41) is 1.01. The lowest BCUT2D eigenvalue weighted by Gasteiger charge is -2.07. The van der Waals surface area contributed by atoms with Gasteiger partial charge in [0.05, 0.1) is 21.3 Å². The number of benzene rings is 2. The van der Waals surface area contributed by atoms with Crippen LogP contribution in [0.4, 0.5) is 0 Å². The third kappa shape index (κ3) is 3.16. The molecule has 0 atom stereocenters. The van der Waals surface area contributed by atoms with Crippen LogP contribution in [0.3, 0.4) is 0 Å². The highest BCUT2D eigenvalue weighted by Gasteiger charge is 2.04. The highest BCUT2D eigenvalue weighted by atomic mass is 16.5. The van der Waals surface area contributed by atoms with Crippen molar-refractivity contribution in [2.75, 3.05) is 21.3 Å². The van der Waals surface area contributed by atoms with Crippen molar-refractivity contribution in [3.8, 4) is 17.2 Å². The van der Waals surface area contributed by atoms with Gasteiger partial charge < -0.3 is 18.6 Å². The maximum Gasteiger partial charge on any atom is 0.161 e. The smallest absolute Gasteiger partial charge is 0.161 e. The Hall–Kier alpha value is -2.88. The fourth-order valence-corrected chi connectivity index (χ4v) is 2.39. The van der Waals surface area contributed by atoms with Crippen LogP contribution in [0, 0.1) is 0 Å². The average molecular weight is 310 g/mol. The molecule has 0 N–H and O–H groups in total. The van der Waals surface area contributed by atoms with Crippen molar-refractivity contribution in [3.63, 3.8) is 0 Å². The summed E-state index contributed by atoms with van der Waals surface area (Å²) >= 11 is 0. The molecule has 118 valence electrons. The van der Waals surface area contributed by atoms with E-state index in [2.05, 4.69) is 0 Å². The molecule has 23 heavy (non-hydrogen) atoms. The predicted molar refractivity (Wildman–Crippen MR) is 91.2 cm³/mol. The summed E-state index contributed by atoms with van der Waals surface area (Å²) in [6.07, 6.45) is 3.89. The highest BCUT2D eigenvalue weighted by molar-refractivity contribution is 5.83. The number of ether oxygens (including phenoxy) is 3. The van der Waals surface area contributed by atoms with Crippen molar-refractivity contribution in [2.45, 2.75) is 0 Å². The Morgan fingerprint density at radius 2 is 1.61 bits per heavy atom. The minimum Gasteiger partial charge on any atom is -0.497 e. The summed E-state index contributed by atoms with van der Waals surface area (Å²) in [6.45, 7) is 0. The quantitative estimate of drug-likeness (QED) is 0.689. The van der Waals surface area contributed by atoms with Gasteiger partial charge in [-0.1, -0.05) is 12.1 Å². The second-order valence-corrected chi connectivity index (χ2v) is 5.00. The molecule has 0 saturated carbocycles. The van der Waals surface area contributed by atoms with Crippen molar-refractivity contribution < 1.29 is 18.6 Å². The third-order valence-corrected chi connectivity index (χ3v) is 3.59. The Kier molecular flexibility index (Phi) is 4.24. The van der Waals surface area contributed by atoms with Gasteiger partial charge in [-0.3, -0.25) is 0 Å². The zero-order valence-corrected chi connectivity index (χ0v) is 13.3. The molecule has 0 aliphatic heterocycles. The molecule has 0 saturated heterocycles. The van der Waals surface area contributed by atoms with Crippen LogP contribution in [0.5, 0.6) is 17.2 Å². The molecule has 0 radical (unpaired) electrons. The summed E-state index contributed by atoms with van der Waals surface area (Å²) in [5.41, 5.74) is 1.83. The topological polar surface area (TPSA) is 40.8 Å². The van der Waals surface area contributed by atoms with Crippen molar-refractivity contribution in [1.82, 2.24) is 0 Å². The molecule has 0 spiro atoms. The molecule has 3 rings (SSSR count). The van der Waals surface area contributed by atoms with E-state index in [1.54, 1.807) is 21.3 Å². The van der Waals surface area contributed by atoms with Crippen LogP contribution in [-0.2, 0) is 0 Å². The monoisotopic (exact) mass is 310 g/mol. The number of fused-ring (bicyclic) bond motifs is 1.